The van der Waals surface area contributed by atoms with E-state index in [2.05, 4.69) is 25.7 Å². The highest BCUT2D eigenvalue weighted by molar-refractivity contribution is 4.81. The van der Waals surface area contributed by atoms with Gasteiger partial charge in [-0.15, -0.1) is 0 Å². The van der Waals surface area contributed by atoms with Crippen molar-refractivity contribution < 1.29 is 4.74 Å². The van der Waals surface area contributed by atoms with Gasteiger partial charge in [-0.3, -0.25) is 0 Å². The Kier molecular flexibility index (Phi) is 4.26. The van der Waals surface area contributed by atoms with E-state index in [1.165, 1.54) is 32.4 Å². The number of hydrogen-bond acceptors (Lipinski definition) is 2. The van der Waals surface area contributed by atoms with Crippen molar-refractivity contribution in [3.05, 3.63) is 0 Å². The molecule has 0 radical (unpaired) electrons. The van der Waals surface area contributed by atoms with Gasteiger partial charge in [-0.1, -0.05) is 20.8 Å². The van der Waals surface area contributed by atoms with Gasteiger partial charge < -0.3 is 9.64 Å². The molecule has 2 saturated heterocycles. The van der Waals surface area contributed by atoms with E-state index in [0.717, 1.165) is 30.9 Å². The van der Waals surface area contributed by atoms with E-state index in [1.54, 1.807) is 0 Å². The van der Waals surface area contributed by atoms with Crippen LogP contribution < -0.4 is 0 Å². The maximum Gasteiger partial charge on any atom is 0.0729 e. The number of hydrogen-bond donors (Lipinski definition) is 0. The molecule has 0 bridgehead atoms. The van der Waals surface area contributed by atoms with Crippen LogP contribution in [0.1, 0.15) is 40.0 Å². The predicted octanol–water partition coefficient (Wildman–Crippen LogP) is 2.78. The first-order valence-corrected chi connectivity index (χ1v) is 7.00. The summed E-state index contributed by atoms with van der Waals surface area (Å²) in [7, 11) is 0. The fourth-order valence-electron chi connectivity index (χ4n) is 3.11. The van der Waals surface area contributed by atoms with E-state index in [-0.39, 0.29) is 0 Å². The lowest BCUT2D eigenvalue weighted by Crippen LogP contribution is -2.45. The van der Waals surface area contributed by atoms with E-state index in [4.69, 9.17) is 4.74 Å². The van der Waals surface area contributed by atoms with Crippen LogP contribution in [0.4, 0.5) is 0 Å². The molecule has 0 aromatic heterocycles. The second-order valence-electron chi connectivity index (χ2n) is 6.04. The third kappa shape index (κ3) is 2.98. The van der Waals surface area contributed by atoms with Gasteiger partial charge in [0.2, 0.25) is 0 Å². The molecule has 2 aliphatic rings. The van der Waals surface area contributed by atoms with Crippen LogP contribution in [-0.4, -0.2) is 37.2 Å². The third-order valence-electron chi connectivity index (χ3n) is 4.57. The number of likely N-dealkylation sites (tertiary alicyclic amines) is 1. The van der Waals surface area contributed by atoms with E-state index >= 15 is 0 Å². The highest BCUT2D eigenvalue weighted by Gasteiger charge is 2.30. The van der Waals surface area contributed by atoms with Crippen LogP contribution in [0.25, 0.3) is 0 Å². The Morgan fingerprint density at radius 2 is 2.00 bits per heavy atom. The van der Waals surface area contributed by atoms with Crippen LogP contribution in [0.3, 0.4) is 0 Å². The average molecular weight is 225 g/mol. The molecular formula is C14H27NO. The molecule has 0 aromatic rings. The molecule has 16 heavy (non-hydrogen) atoms. The van der Waals surface area contributed by atoms with Crippen molar-refractivity contribution in [3.8, 4) is 0 Å². The monoisotopic (exact) mass is 225 g/mol. The first-order chi connectivity index (χ1) is 7.66. The Morgan fingerprint density at radius 1 is 1.19 bits per heavy atom. The molecule has 0 aliphatic carbocycles. The zero-order valence-electron chi connectivity index (χ0n) is 11.1. The topological polar surface area (TPSA) is 12.5 Å². The van der Waals surface area contributed by atoms with Crippen molar-refractivity contribution in [2.75, 3.05) is 26.2 Å². The van der Waals surface area contributed by atoms with Gasteiger partial charge in [0, 0.05) is 19.7 Å². The summed E-state index contributed by atoms with van der Waals surface area (Å²) >= 11 is 0. The van der Waals surface area contributed by atoms with Crippen molar-refractivity contribution in [3.63, 3.8) is 0 Å². The largest absolute Gasteiger partial charge is 0.377 e. The van der Waals surface area contributed by atoms with Crippen LogP contribution in [0.5, 0.6) is 0 Å². The van der Waals surface area contributed by atoms with Crippen LogP contribution in [0, 0.1) is 17.8 Å². The molecule has 2 aliphatic heterocycles. The zero-order valence-corrected chi connectivity index (χ0v) is 11.1. The SMILES string of the molecule is C[C@H]1CCCN(C[C@H]2OCC[C@H](C)[C@H]2C)C1. The second kappa shape index (κ2) is 5.50. The predicted molar refractivity (Wildman–Crippen MR) is 67.5 cm³/mol. The molecule has 94 valence electrons. The molecule has 0 amide bonds. The Labute approximate surface area is 100 Å². The van der Waals surface area contributed by atoms with Crippen molar-refractivity contribution in [1.82, 2.24) is 4.90 Å². The zero-order chi connectivity index (χ0) is 11.5. The van der Waals surface area contributed by atoms with Crippen molar-refractivity contribution in [1.29, 1.82) is 0 Å². The van der Waals surface area contributed by atoms with Gasteiger partial charge in [-0.25, -0.2) is 0 Å². The maximum absolute atomic E-state index is 5.96. The summed E-state index contributed by atoms with van der Waals surface area (Å²) in [4.78, 5) is 2.62. The average Bonchev–Trinajstić information content (AvgIpc) is 2.25. The fraction of sp³-hybridized carbons (Fsp3) is 1.00. The Hall–Kier alpha value is -0.0800. The van der Waals surface area contributed by atoms with Gasteiger partial charge in [0.1, 0.15) is 0 Å². The van der Waals surface area contributed by atoms with Gasteiger partial charge in [0.25, 0.3) is 0 Å². The molecule has 0 saturated carbocycles. The molecular weight excluding hydrogens is 198 g/mol. The fourth-order valence-corrected chi connectivity index (χ4v) is 3.11. The summed E-state index contributed by atoms with van der Waals surface area (Å²) < 4.78 is 5.96. The van der Waals surface area contributed by atoms with Crippen LogP contribution >= 0.6 is 0 Å². The van der Waals surface area contributed by atoms with Gasteiger partial charge >= 0.3 is 0 Å². The molecule has 0 spiro atoms. The van der Waals surface area contributed by atoms with Crippen molar-refractivity contribution in [2.45, 2.75) is 46.1 Å². The van der Waals surface area contributed by atoms with Gasteiger partial charge in [0.05, 0.1) is 6.10 Å². The smallest absolute Gasteiger partial charge is 0.0729 e. The number of ether oxygens (including phenoxy) is 1. The lowest BCUT2D eigenvalue weighted by Gasteiger charge is -2.39. The van der Waals surface area contributed by atoms with Gasteiger partial charge in [0.15, 0.2) is 0 Å². The molecule has 2 heteroatoms. The molecule has 2 heterocycles. The quantitative estimate of drug-likeness (QED) is 0.716. The highest BCUT2D eigenvalue weighted by atomic mass is 16.5. The minimum absolute atomic E-state index is 0.481. The van der Waals surface area contributed by atoms with E-state index in [0.29, 0.717) is 6.10 Å². The number of nitrogens with zero attached hydrogens (tertiary/aromatic N) is 1. The minimum Gasteiger partial charge on any atom is -0.377 e. The molecule has 2 nitrogen and oxygen atoms in total. The lowest BCUT2D eigenvalue weighted by molar-refractivity contribution is -0.0648. The highest BCUT2D eigenvalue weighted by Crippen LogP contribution is 2.27. The Balaban J connectivity index is 1.83. The van der Waals surface area contributed by atoms with E-state index in [9.17, 15) is 0 Å². The minimum atomic E-state index is 0.481. The molecule has 4 atom stereocenters. The second-order valence-corrected chi connectivity index (χ2v) is 6.04. The summed E-state index contributed by atoms with van der Waals surface area (Å²) in [6, 6.07) is 0. The standard InChI is InChI=1S/C14H27NO/c1-11-5-4-7-15(9-11)10-14-13(3)12(2)6-8-16-14/h11-14H,4-10H2,1-3H3/t11-,12-,13+,14+/m0/s1. The Morgan fingerprint density at radius 3 is 2.75 bits per heavy atom. The summed E-state index contributed by atoms with van der Waals surface area (Å²) in [6.07, 6.45) is 4.51. The summed E-state index contributed by atoms with van der Waals surface area (Å²) in [5, 5.41) is 0. The van der Waals surface area contributed by atoms with Gasteiger partial charge in [-0.2, -0.15) is 0 Å². The summed E-state index contributed by atoms with van der Waals surface area (Å²) in [6.45, 7) is 11.8. The van der Waals surface area contributed by atoms with Crippen LogP contribution in [-0.2, 0) is 4.74 Å². The molecule has 0 aromatic carbocycles. The van der Waals surface area contributed by atoms with Crippen LogP contribution in [0.15, 0.2) is 0 Å². The first kappa shape index (κ1) is 12.4. The summed E-state index contributed by atoms with van der Waals surface area (Å²) in [5.74, 6) is 2.44. The van der Waals surface area contributed by atoms with E-state index < -0.39 is 0 Å². The van der Waals surface area contributed by atoms with E-state index in [1.807, 2.05) is 0 Å². The van der Waals surface area contributed by atoms with Crippen LogP contribution in [0.2, 0.25) is 0 Å². The molecule has 2 rings (SSSR count). The third-order valence-corrected chi connectivity index (χ3v) is 4.57. The van der Waals surface area contributed by atoms with Crippen molar-refractivity contribution >= 4 is 0 Å². The number of piperidine rings is 1. The molecule has 0 unspecified atom stereocenters. The van der Waals surface area contributed by atoms with Gasteiger partial charge in [-0.05, 0) is 43.6 Å². The molecule has 0 N–H and O–H groups in total. The normalized spacial score (nSPS) is 42.2. The Bertz CT molecular complexity index is 219. The first-order valence-electron chi connectivity index (χ1n) is 7.00. The maximum atomic E-state index is 5.96. The summed E-state index contributed by atoms with van der Waals surface area (Å²) in [5.41, 5.74) is 0. The number of rotatable bonds is 2. The molecule has 2 fully saturated rings. The van der Waals surface area contributed by atoms with Crippen molar-refractivity contribution in [2.24, 2.45) is 17.8 Å². The lowest BCUT2D eigenvalue weighted by atomic mass is 9.85.